The summed E-state index contributed by atoms with van der Waals surface area (Å²) in [7, 11) is 3.25. The van der Waals surface area contributed by atoms with Crippen LogP contribution in [0.3, 0.4) is 0 Å². The summed E-state index contributed by atoms with van der Waals surface area (Å²) in [4.78, 5) is 0. The quantitative estimate of drug-likeness (QED) is 0.324. The van der Waals surface area contributed by atoms with E-state index >= 15 is 0 Å². The van der Waals surface area contributed by atoms with Crippen molar-refractivity contribution in [3.05, 3.63) is 0 Å². The van der Waals surface area contributed by atoms with Crippen LogP contribution in [-0.2, 0) is 13.6 Å². The molecule has 0 aliphatic carbocycles. The third-order valence-corrected chi connectivity index (χ3v) is 5.43. The van der Waals surface area contributed by atoms with Crippen molar-refractivity contribution in [3.63, 3.8) is 0 Å². The van der Waals surface area contributed by atoms with E-state index in [0.717, 1.165) is 11.4 Å². The van der Waals surface area contributed by atoms with E-state index in [4.69, 9.17) is 13.2 Å². The summed E-state index contributed by atoms with van der Waals surface area (Å²) < 4.78 is 44.4. The molecule has 0 spiro atoms. The lowest BCUT2D eigenvalue weighted by Gasteiger charge is -2.24. The number of rotatable bonds is 8. The Morgan fingerprint density at radius 3 is 2.19 bits per heavy atom. The summed E-state index contributed by atoms with van der Waals surface area (Å²) in [5.41, 5.74) is 0. The average Bonchev–Trinajstić information content (AvgIpc) is 2.15. The lowest BCUT2D eigenvalue weighted by atomic mass is 10.6. The SMILES string of the molecule is [2H]C([2H])([2H])[N+](C)(C)CCSP(=O)(OCC)OCC.[I-]. The molecule has 0 radical (unpaired) electrons. The molecular weight excluding hydrogens is 360 g/mol. The van der Waals surface area contributed by atoms with Crippen molar-refractivity contribution >= 4 is 18.2 Å². The van der Waals surface area contributed by atoms with Gasteiger partial charge in [0.1, 0.15) is 0 Å². The monoisotopic (exact) mass is 386 g/mol. The minimum Gasteiger partial charge on any atom is -1.00 e. The first kappa shape index (κ1) is 13.6. The molecule has 16 heavy (non-hydrogen) atoms. The summed E-state index contributed by atoms with van der Waals surface area (Å²) in [5, 5.41) is 0. The Kier molecular flexibility index (Phi) is 7.80. The highest BCUT2D eigenvalue weighted by Crippen LogP contribution is 2.60. The third-order valence-electron chi connectivity index (χ3n) is 1.47. The van der Waals surface area contributed by atoms with Crippen molar-refractivity contribution in [2.45, 2.75) is 13.8 Å². The smallest absolute Gasteiger partial charge is 0.389 e. The molecule has 4 nitrogen and oxygen atoms in total. The van der Waals surface area contributed by atoms with Gasteiger partial charge in [0.2, 0.25) is 0 Å². The summed E-state index contributed by atoms with van der Waals surface area (Å²) in [6, 6.07) is 0. The first-order chi connectivity index (χ1) is 8.08. The number of hydrogen-bond donors (Lipinski definition) is 0. The fourth-order valence-electron chi connectivity index (χ4n) is 0.809. The van der Waals surface area contributed by atoms with Crippen molar-refractivity contribution in [1.82, 2.24) is 0 Å². The number of halogens is 1. The zero-order valence-electron chi connectivity index (χ0n) is 13.2. The van der Waals surface area contributed by atoms with E-state index in [9.17, 15) is 4.57 Å². The molecule has 0 unspecified atom stereocenters. The molecule has 0 fully saturated rings. The van der Waals surface area contributed by atoms with E-state index in [1.54, 1.807) is 27.9 Å². The fourth-order valence-corrected chi connectivity index (χ4v) is 4.42. The molecule has 0 saturated carbocycles. The molecular formula is C9H23INO3PS. The van der Waals surface area contributed by atoms with Crippen molar-refractivity contribution in [2.24, 2.45) is 0 Å². The van der Waals surface area contributed by atoms with Gasteiger partial charge in [-0.25, -0.2) is 4.57 Å². The highest BCUT2D eigenvalue weighted by Gasteiger charge is 2.25. The Hall–Kier alpha value is 1.19. The van der Waals surface area contributed by atoms with Gasteiger partial charge in [-0.15, -0.1) is 0 Å². The average molecular weight is 386 g/mol. The Balaban J connectivity index is 0. The Labute approximate surface area is 125 Å². The van der Waals surface area contributed by atoms with Crippen LogP contribution in [0.15, 0.2) is 0 Å². The van der Waals surface area contributed by atoms with Crippen LogP contribution < -0.4 is 24.0 Å². The normalized spacial score (nSPS) is 15.9. The molecule has 0 aliphatic heterocycles. The molecule has 7 heteroatoms. The highest BCUT2D eigenvalue weighted by molar-refractivity contribution is 8.55. The van der Waals surface area contributed by atoms with Crippen molar-refractivity contribution < 1.29 is 46.2 Å². The lowest BCUT2D eigenvalue weighted by Crippen LogP contribution is -3.00. The van der Waals surface area contributed by atoms with Crippen molar-refractivity contribution in [3.8, 4) is 0 Å². The van der Waals surface area contributed by atoms with E-state index in [2.05, 4.69) is 0 Å². The maximum atomic E-state index is 12.1. The first-order valence-electron chi connectivity index (χ1n) is 6.44. The number of hydrogen-bond acceptors (Lipinski definition) is 4. The number of nitrogens with zero attached hydrogens (tertiary/aromatic N) is 1. The van der Waals surface area contributed by atoms with Gasteiger partial charge in [-0.05, 0) is 25.2 Å². The van der Waals surface area contributed by atoms with E-state index in [1.165, 1.54) is 0 Å². The summed E-state index contributed by atoms with van der Waals surface area (Å²) in [6.07, 6.45) is 0. The lowest BCUT2D eigenvalue weighted by molar-refractivity contribution is -0.867. The summed E-state index contributed by atoms with van der Waals surface area (Å²) in [6.45, 7) is -0.746. The third kappa shape index (κ3) is 10.4. The molecule has 0 saturated heterocycles. The fraction of sp³-hybridized carbons (Fsp3) is 1.00. The van der Waals surface area contributed by atoms with Gasteiger partial charge < -0.3 is 37.5 Å². The van der Waals surface area contributed by atoms with Gasteiger partial charge in [-0.2, -0.15) is 0 Å². The van der Waals surface area contributed by atoms with Crippen molar-refractivity contribution in [1.29, 1.82) is 0 Å². The maximum Gasteiger partial charge on any atom is 0.389 e. The van der Waals surface area contributed by atoms with Crippen LogP contribution >= 0.6 is 18.2 Å². The maximum absolute atomic E-state index is 12.1. The van der Waals surface area contributed by atoms with Gasteiger partial charge in [0.15, 0.2) is 0 Å². The largest absolute Gasteiger partial charge is 1.00 e. The molecule has 0 aliphatic rings. The molecule has 0 amide bonds. The molecule has 0 aromatic carbocycles. The van der Waals surface area contributed by atoms with E-state index in [0.29, 0.717) is 25.5 Å². The van der Waals surface area contributed by atoms with Crippen LogP contribution in [0, 0.1) is 0 Å². The van der Waals surface area contributed by atoms with Gasteiger partial charge in [0.25, 0.3) is 0 Å². The van der Waals surface area contributed by atoms with Gasteiger partial charge in [0, 0.05) is 0 Å². The van der Waals surface area contributed by atoms with E-state index in [-0.39, 0.29) is 28.5 Å². The first-order valence-corrected chi connectivity index (χ1v) is 8.08. The van der Waals surface area contributed by atoms with E-state index < -0.39 is 13.8 Å². The summed E-state index contributed by atoms with van der Waals surface area (Å²) in [5.74, 6) is 0.405. The second kappa shape index (κ2) is 9.16. The molecule has 0 bridgehead atoms. The molecule has 0 N–H and O–H groups in total. The molecule has 0 atom stereocenters. The van der Waals surface area contributed by atoms with Crippen LogP contribution in [0.1, 0.15) is 18.0 Å². The van der Waals surface area contributed by atoms with Crippen LogP contribution in [-0.4, -0.2) is 51.1 Å². The minimum atomic E-state index is -3.13. The summed E-state index contributed by atoms with van der Waals surface area (Å²) >= 11 is 1.06. The molecule has 0 rings (SSSR count). The van der Waals surface area contributed by atoms with Crippen LogP contribution in [0.2, 0.25) is 0 Å². The second-order valence-corrected chi connectivity index (χ2v) is 7.72. The Bertz CT molecular complexity index is 295. The zero-order valence-corrected chi connectivity index (χ0v) is 14.1. The Morgan fingerprint density at radius 2 is 1.81 bits per heavy atom. The van der Waals surface area contributed by atoms with Gasteiger partial charge in [-0.1, -0.05) is 0 Å². The standard InChI is InChI=1S/C9H23NO3PS.HI/c1-6-12-14(11,13-7-2)15-9-8-10(3,4)5;/h6-9H2,1-5H3;1H/q+1;/p-1/i3D3;. The second-order valence-electron chi connectivity index (χ2n) is 3.52. The van der Waals surface area contributed by atoms with Crippen molar-refractivity contribution in [2.75, 3.05) is 46.6 Å². The van der Waals surface area contributed by atoms with Gasteiger partial charge in [-0.3, -0.25) is 0 Å². The molecule has 0 aromatic rings. The molecule has 0 heterocycles. The highest BCUT2D eigenvalue weighted by atomic mass is 127. The predicted octanol–water partition coefficient (Wildman–Crippen LogP) is -0.389. The van der Waals surface area contributed by atoms with Gasteiger partial charge >= 0.3 is 6.80 Å². The topological polar surface area (TPSA) is 35.5 Å². The molecule has 0 aromatic heterocycles. The Morgan fingerprint density at radius 1 is 1.31 bits per heavy atom. The van der Waals surface area contributed by atoms with Crippen LogP contribution in [0.5, 0.6) is 0 Å². The van der Waals surface area contributed by atoms with Crippen LogP contribution in [0.4, 0.5) is 0 Å². The predicted molar refractivity (Wildman–Crippen MR) is 66.2 cm³/mol. The minimum absolute atomic E-state index is 0. The van der Waals surface area contributed by atoms with Crippen LogP contribution in [0.25, 0.3) is 0 Å². The van der Waals surface area contributed by atoms with Gasteiger partial charge in [0.05, 0.1) is 50.7 Å². The van der Waals surface area contributed by atoms with E-state index in [1.807, 2.05) is 0 Å². The molecule has 100 valence electrons. The zero-order chi connectivity index (χ0) is 14.4. The number of quaternary nitrogens is 1.